The first kappa shape index (κ1) is 17.1. The van der Waals surface area contributed by atoms with Gasteiger partial charge in [-0.15, -0.1) is 11.3 Å². The van der Waals surface area contributed by atoms with Gasteiger partial charge in [-0.2, -0.15) is 5.10 Å². The van der Waals surface area contributed by atoms with Crippen molar-refractivity contribution in [3.05, 3.63) is 58.3 Å². The third-order valence-electron chi connectivity index (χ3n) is 3.42. The fraction of sp³-hybridized carbons (Fsp3) is 0.125. The Bertz CT molecular complexity index is 876. The summed E-state index contributed by atoms with van der Waals surface area (Å²) in [5, 5.41) is 9.51. The van der Waals surface area contributed by atoms with Crippen molar-refractivity contribution in [3.8, 4) is 0 Å². The Kier molecular flexibility index (Phi) is 5.11. The SMILES string of the molecule is CC(C(=O)Nc1ccc(NC(=O)c2ccc(Cl)s2)cc1)n1cncn1. The van der Waals surface area contributed by atoms with E-state index >= 15 is 0 Å². The number of benzene rings is 1. The number of halogens is 1. The van der Waals surface area contributed by atoms with Gasteiger partial charge in [-0.3, -0.25) is 9.59 Å². The van der Waals surface area contributed by atoms with E-state index in [0.717, 1.165) is 0 Å². The van der Waals surface area contributed by atoms with Crippen LogP contribution >= 0.6 is 22.9 Å². The Labute approximate surface area is 152 Å². The van der Waals surface area contributed by atoms with Gasteiger partial charge < -0.3 is 10.6 Å². The Hall–Kier alpha value is -2.71. The van der Waals surface area contributed by atoms with Crippen molar-refractivity contribution in [1.82, 2.24) is 14.8 Å². The van der Waals surface area contributed by atoms with Gasteiger partial charge in [-0.05, 0) is 43.3 Å². The Morgan fingerprint density at radius 3 is 2.36 bits per heavy atom. The molecular weight excluding hydrogens is 362 g/mol. The predicted octanol–water partition coefficient (Wildman–Crippen LogP) is 3.45. The summed E-state index contributed by atoms with van der Waals surface area (Å²) in [5.74, 6) is -0.441. The van der Waals surface area contributed by atoms with Gasteiger partial charge in [0.15, 0.2) is 0 Å². The molecule has 3 aromatic rings. The van der Waals surface area contributed by atoms with Gasteiger partial charge in [0.2, 0.25) is 5.91 Å². The van der Waals surface area contributed by atoms with Gasteiger partial charge in [0.05, 0.1) is 9.21 Å². The second-order valence-corrected chi connectivity index (χ2v) is 6.89. The molecule has 1 aromatic carbocycles. The summed E-state index contributed by atoms with van der Waals surface area (Å²) in [6, 6.07) is 9.71. The average Bonchev–Trinajstić information content (AvgIpc) is 3.27. The number of anilines is 2. The minimum atomic E-state index is -0.481. The van der Waals surface area contributed by atoms with Crippen LogP contribution in [0.1, 0.15) is 22.6 Å². The van der Waals surface area contributed by atoms with Crippen molar-refractivity contribution in [2.45, 2.75) is 13.0 Å². The monoisotopic (exact) mass is 375 g/mol. The standard InChI is InChI=1S/C16H14ClN5O2S/c1-10(22-9-18-8-19-22)15(23)20-11-2-4-12(5-3-11)21-16(24)13-6-7-14(17)25-13/h2-10H,1H3,(H,20,23)(H,21,24). The number of nitrogens with one attached hydrogen (secondary N) is 2. The first-order chi connectivity index (χ1) is 12.0. The number of thiophene rings is 1. The maximum absolute atomic E-state index is 12.2. The van der Waals surface area contributed by atoms with Crippen LogP contribution in [0.15, 0.2) is 49.1 Å². The zero-order chi connectivity index (χ0) is 17.8. The van der Waals surface area contributed by atoms with Crippen LogP contribution in [0.4, 0.5) is 11.4 Å². The molecule has 0 saturated carbocycles. The normalized spacial score (nSPS) is 11.8. The van der Waals surface area contributed by atoms with Crippen molar-refractivity contribution < 1.29 is 9.59 Å². The molecule has 1 atom stereocenters. The van der Waals surface area contributed by atoms with Crippen LogP contribution in [0.2, 0.25) is 4.34 Å². The highest BCUT2D eigenvalue weighted by molar-refractivity contribution is 7.18. The average molecular weight is 376 g/mol. The lowest BCUT2D eigenvalue weighted by Crippen LogP contribution is -2.24. The molecule has 0 aliphatic heterocycles. The van der Waals surface area contributed by atoms with Crippen molar-refractivity contribution >= 4 is 46.1 Å². The van der Waals surface area contributed by atoms with E-state index in [2.05, 4.69) is 20.7 Å². The van der Waals surface area contributed by atoms with Crippen molar-refractivity contribution in [2.75, 3.05) is 10.6 Å². The summed E-state index contributed by atoms with van der Waals surface area (Å²) in [4.78, 5) is 28.6. The van der Waals surface area contributed by atoms with E-state index in [9.17, 15) is 9.59 Å². The lowest BCUT2D eigenvalue weighted by atomic mass is 10.2. The molecule has 0 aliphatic rings. The Balaban J connectivity index is 1.60. The maximum Gasteiger partial charge on any atom is 0.265 e. The molecule has 0 fully saturated rings. The van der Waals surface area contributed by atoms with Crippen LogP contribution in [-0.2, 0) is 4.79 Å². The van der Waals surface area contributed by atoms with Gasteiger partial charge in [-0.25, -0.2) is 9.67 Å². The number of amides is 2. The van der Waals surface area contributed by atoms with Gasteiger partial charge in [0, 0.05) is 11.4 Å². The number of rotatable bonds is 5. The van der Waals surface area contributed by atoms with E-state index < -0.39 is 6.04 Å². The van der Waals surface area contributed by atoms with Crippen molar-refractivity contribution in [1.29, 1.82) is 0 Å². The topological polar surface area (TPSA) is 88.9 Å². The summed E-state index contributed by atoms with van der Waals surface area (Å²) >= 11 is 7.04. The summed E-state index contributed by atoms with van der Waals surface area (Å²) in [6.45, 7) is 1.73. The zero-order valence-electron chi connectivity index (χ0n) is 13.1. The molecule has 0 bridgehead atoms. The third-order valence-corrected chi connectivity index (χ3v) is 4.65. The number of aromatic nitrogens is 3. The second-order valence-electron chi connectivity index (χ2n) is 5.18. The molecule has 1 unspecified atom stereocenters. The summed E-state index contributed by atoms with van der Waals surface area (Å²) < 4.78 is 2.03. The number of hydrogen-bond acceptors (Lipinski definition) is 5. The molecule has 0 radical (unpaired) electrons. The molecule has 9 heteroatoms. The van der Waals surface area contributed by atoms with Gasteiger partial charge in [0.25, 0.3) is 5.91 Å². The van der Waals surface area contributed by atoms with Crippen molar-refractivity contribution in [2.24, 2.45) is 0 Å². The second kappa shape index (κ2) is 7.45. The van der Waals surface area contributed by atoms with Crippen LogP contribution in [0, 0.1) is 0 Å². The van der Waals surface area contributed by atoms with E-state index in [0.29, 0.717) is 20.6 Å². The molecule has 0 saturated heterocycles. The molecule has 2 N–H and O–H groups in total. The molecule has 0 aliphatic carbocycles. The molecule has 7 nitrogen and oxygen atoms in total. The first-order valence-corrected chi connectivity index (χ1v) is 8.54. The number of carbonyl (C=O) groups excluding carboxylic acids is 2. The quantitative estimate of drug-likeness (QED) is 0.714. The zero-order valence-corrected chi connectivity index (χ0v) is 14.7. The molecule has 2 amide bonds. The summed E-state index contributed by atoms with van der Waals surface area (Å²) in [5.41, 5.74) is 1.24. The lowest BCUT2D eigenvalue weighted by molar-refractivity contribution is -0.119. The van der Waals surface area contributed by atoms with E-state index in [1.807, 2.05) is 0 Å². The van der Waals surface area contributed by atoms with E-state index in [1.165, 1.54) is 28.7 Å². The highest BCUT2D eigenvalue weighted by Gasteiger charge is 2.15. The number of hydrogen-bond donors (Lipinski definition) is 2. The Morgan fingerprint density at radius 2 is 1.80 bits per heavy atom. The number of nitrogens with zero attached hydrogens (tertiary/aromatic N) is 3. The molecule has 2 aromatic heterocycles. The van der Waals surface area contributed by atoms with Gasteiger partial charge in [0.1, 0.15) is 18.7 Å². The molecule has 2 heterocycles. The predicted molar refractivity (Wildman–Crippen MR) is 97.1 cm³/mol. The van der Waals surface area contributed by atoms with Gasteiger partial charge >= 0.3 is 0 Å². The van der Waals surface area contributed by atoms with E-state index in [1.54, 1.807) is 43.3 Å². The molecule has 128 valence electrons. The highest BCUT2D eigenvalue weighted by Crippen LogP contribution is 2.23. The molecule has 25 heavy (non-hydrogen) atoms. The van der Waals surface area contributed by atoms with Crippen molar-refractivity contribution in [3.63, 3.8) is 0 Å². The van der Waals surface area contributed by atoms with E-state index in [-0.39, 0.29) is 11.8 Å². The minimum Gasteiger partial charge on any atom is -0.324 e. The minimum absolute atomic E-state index is 0.212. The maximum atomic E-state index is 12.2. The smallest absolute Gasteiger partial charge is 0.265 e. The number of carbonyl (C=O) groups is 2. The fourth-order valence-corrected chi connectivity index (χ4v) is 2.99. The lowest BCUT2D eigenvalue weighted by Gasteiger charge is -2.12. The third kappa shape index (κ3) is 4.23. The molecule has 3 rings (SSSR count). The van der Waals surface area contributed by atoms with Crippen LogP contribution in [0.5, 0.6) is 0 Å². The van der Waals surface area contributed by atoms with Gasteiger partial charge in [-0.1, -0.05) is 11.6 Å². The fourth-order valence-electron chi connectivity index (χ4n) is 2.05. The van der Waals surface area contributed by atoms with E-state index in [4.69, 9.17) is 11.6 Å². The molecule has 0 spiro atoms. The van der Waals surface area contributed by atoms with Crippen LogP contribution in [-0.4, -0.2) is 26.6 Å². The largest absolute Gasteiger partial charge is 0.324 e. The van der Waals surface area contributed by atoms with Crippen LogP contribution < -0.4 is 10.6 Å². The van der Waals surface area contributed by atoms with Crippen LogP contribution in [0.25, 0.3) is 0 Å². The Morgan fingerprint density at radius 1 is 1.12 bits per heavy atom. The molecular formula is C16H14ClN5O2S. The summed E-state index contributed by atoms with van der Waals surface area (Å²) in [6.07, 6.45) is 2.86. The highest BCUT2D eigenvalue weighted by atomic mass is 35.5. The summed E-state index contributed by atoms with van der Waals surface area (Å²) in [7, 11) is 0. The first-order valence-electron chi connectivity index (χ1n) is 7.34. The van der Waals surface area contributed by atoms with Crippen LogP contribution in [0.3, 0.4) is 0 Å².